The molecular formula is C24H23F3N4O3. The number of amides is 1. The summed E-state index contributed by atoms with van der Waals surface area (Å²) in [5, 5.41) is 4.64. The molecule has 2 aromatic heterocycles. The van der Waals surface area contributed by atoms with Crippen molar-refractivity contribution in [1.82, 2.24) is 19.7 Å². The molecule has 34 heavy (non-hydrogen) atoms. The van der Waals surface area contributed by atoms with Crippen LogP contribution in [0.5, 0.6) is 11.6 Å². The summed E-state index contributed by atoms with van der Waals surface area (Å²) in [5.41, 5.74) is 2.49. The van der Waals surface area contributed by atoms with Crippen molar-refractivity contribution in [2.24, 2.45) is 7.05 Å². The van der Waals surface area contributed by atoms with Crippen molar-refractivity contribution in [3.8, 4) is 22.9 Å². The molecule has 1 amide bonds. The van der Waals surface area contributed by atoms with E-state index in [1.54, 1.807) is 23.9 Å². The Labute approximate surface area is 194 Å². The van der Waals surface area contributed by atoms with Crippen LogP contribution in [0, 0.1) is 17.5 Å². The Morgan fingerprint density at radius 2 is 1.82 bits per heavy atom. The minimum absolute atomic E-state index is 0.133. The number of halogens is 3. The summed E-state index contributed by atoms with van der Waals surface area (Å²) in [4.78, 5) is 19.7. The summed E-state index contributed by atoms with van der Waals surface area (Å²) in [6.45, 7) is 0. The maximum absolute atomic E-state index is 14.0. The van der Waals surface area contributed by atoms with Crippen molar-refractivity contribution in [2.75, 3.05) is 14.2 Å². The second kappa shape index (κ2) is 8.34. The van der Waals surface area contributed by atoms with Crippen molar-refractivity contribution >= 4 is 5.91 Å². The molecule has 2 unspecified atom stereocenters. The van der Waals surface area contributed by atoms with Gasteiger partial charge in [0.15, 0.2) is 23.2 Å². The fourth-order valence-electron chi connectivity index (χ4n) is 5.18. The number of piperidine rings is 1. The molecule has 3 aromatic rings. The highest BCUT2D eigenvalue weighted by Crippen LogP contribution is 2.45. The van der Waals surface area contributed by atoms with E-state index in [9.17, 15) is 18.0 Å². The summed E-state index contributed by atoms with van der Waals surface area (Å²) < 4.78 is 53.5. The maximum atomic E-state index is 14.0. The number of methoxy groups -OCH3 is 2. The van der Waals surface area contributed by atoms with Crippen LogP contribution in [0.15, 0.2) is 24.3 Å². The number of carbonyl (C=O) groups excluding carboxylic acids is 1. The number of benzene rings is 1. The zero-order chi connectivity index (χ0) is 24.1. The topological polar surface area (TPSA) is 69.5 Å². The molecule has 2 aliphatic rings. The summed E-state index contributed by atoms with van der Waals surface area (Å²) in [6, 6.07) is 4.77. The largest absolute Gasteiger partial charge is 0.491 e. The van der Waals surface area contributed by atoms with Gasteiger partial charge in [-0.3, -0.25) is 9.48 Å². The van der Waals surface area contributed by atoms with Gasteiger partial charge in [0.1, 0.15) is 5.69 Å². The molecule has 0 aliphatic carbocycles. The Morgan fingerprint density at radius 1 is 1.09 bits per heavy atom. The lowest BCUT2D eigenvalue weighted by molar-refractivity contribution is 0.0385. The first-order valence-corrected chi connectivity index (χ1v) is 11.0. The lowest BCUT2D eigenvalue weighted by Crippen LogP contribution is -2.50. The quantitative estimate of drug-likeness (QED) is 0.532. The van der Waals surface area contributed by atoms with Crippen LogP contribution < -0.4 is 9.47 Å². The second-order valence-electron chi connectivity index (χ2n) is 8.51. The van der Waals surface area contributed by atoms with E-state index in [0.29, 0.717) is 30.0 Å². The number of aryl methyl sites for hydroxylation is 1. The Kier molecular flexibility index (Phi) is 5.45. The molecule has 5 rings (SSSR count). The van der Waals surface area contributed by atoms with Crippen LogP contribution in [-0.4, -0.2) is 45.8 Å². The van der Waals surface area contributed by atoms with E-state index < -0.39 is 17.5 Å². The van der Waals surface area contributed by atoms with E-state index in [2.05, 4.69) is 10.1 Å². The van der Waals surface area contributed by atoms with E-state index >= 15 is 0 Å². The normalized spacial score (nSPS) is 19.1. The molecule has 1 fully saturated rings. The Balaban J connectivity index is 1.56. The SMILES string of the molecule is COc1ccc(C(=O)N2C3CCCC2c2nn(C)c(-c4cc(F)c(F)c(F)c4)c2C3)nc1OC. The van der Waals surface area contributed by atoms with Gasteiger partial charge in [-0.1, -0.05) is 0 Å². The van der Waals surface area contributed by atoms with Crippen molar-refractivity contribution in [3.05, 3.63) is 58.7 Å². The number of rotatable bonds is 4. The molecule has 178 valence electrons. The van der Waals surface area contributed by atoms with Gasteiger partial charge in [-0.05, 0) is 49.9 Å². The fourth-order valence-corrected chi connectivity index (χ4v) is 5.18. The van der Waals surface area contributed by atoms with Gasteiger partial charge < -0.3 is 14.4 Å². The third-order valence-electron chi connectivity index (χ3n) is 6.63. The van der Waals surface area contributed by atoms with Crippen LogP contribution in [0.25, 0.3) is 11.3 Å². The molecule has 2 bridgehead atoms. The number of ether oxygens (including phenoxy) is 2. The highest BCUT2D eigenvalue weighted by Gasteiger charge is 2.44. The summed E-state index contributed by atoms with van der Waals surface area (Å²) in [5.74, 6) is -3.61. The van der Waals surface area contributed by atoms with Crippen LogP contribution in [0.4, 0.5) is 13.2 Å². The van der Waals surface area contributed by atoms with Gasteiger partial charge in [-0.2, -0.15) is 5.10 Å². The van der Waals surface area contributed by atoms with Gasteiger partial charge in [0.05, 0.1) is 31.6 Å². The molecule has 1 aromatic carbocycles. The van der Waals surface area contributed by atoms with Crippen LogP contribution in [-0.2, 0) is 13.5 Å². The number of pyridine rings is 1. The molecule has 2 aliphatic heterocycles. The second-order valence-corrected chi connectivity index (χ2v) is 8.51. The molecule has 0 saturated carbocycles. The van der Waals surface area contributed by atoms with Gasteiger partial charge in [0.25, 0.3) is 11.8 Å². The lowest BCUT2D eigenvalue weighted by Gasteiger charge is -2.45. The van der Waals surface area contributed by atoms with Gasteiger partial charge in [-0.25, -0.2) is 18.2 Å². The smallest absolute Gasteiger partial charge is 0.273 e. The molecule has 0 N–H and O–H groups in total. The number of aromatic nitrogens is 3. The summed E-state index contributed by atoms with van der Waals surface area (Å²) in [6.07, 6.45) is 2.86. The highest BCUT2D eigenvalue weighted by atomic mass is 19.2. The van der Waals surface area contributed by atoms with Crippen LogP contribution in [0.2, 0.25) is 0 Å². The zero-order valence-electron chi connectivity index (χ0n) is 18.9. The first kappa shape index (κ1) is 22.2. The molecule has 1 saturated heterocycles. The van der Waals surface area contributed by atoms with Gasteiger partial charge in [0, 0.05) is 24.2 Å². The van der Waals surface area contributed by atoms with Crippen LogP contribution >= 0.6 is 0 Å². The van der Waals surface area contributed by atoms with Crippen molar-refractivity contribution in [3.63, 3.8) is 0 Å². The van der Waals surface area contributed by atoms with Gasteiger partial charge in [-0.15, -0.1) is 0 Å². The first-order valence-electron chi connectivity index (χ1n) is 11.0. The number of nitrogens with zero attached hydrogens (tertiary/aromatic N) is 4. The third kappa shape index (κ3) is 3.39. The summed E-state index contributed by atoms with van der Waals surface area (Å²) in [7, 11) is 4.63. The van der Waals surface area contributed by atoms with Crippen LogP contribution in [0.1, 0.15) is 47.1 Å². The van der Waals surface area contributed by atoms with Crippen LogP contribution in [0.3, 0.4) is 0 Å². The lowest BCUT2D eigenvalue weighted by atomic mass is 9.81. The molecule has 4 heterocycles. The summed E-state index contributed by atoms with van der Waals surface area (Å²) >= 11 is 0. The number of carbonyl (C=O) groups is 1. The molecular weight excluding hydrogens is 449 g/mol. The monoisotopic (exact) mass is 472 g/mol. The highest BCUT2D eigenvalue weighted by molar-refractivity contribution is 5.93. The van der Waals surface area contributed by atoms with Crippen molar-refractivity contribution in [2.45, 2.75) is 37.8 Å². The first-order chi connectivity index (χ1) is 16.3. The third-order valence-corrected chi connectivity index (χ3v) is 6.63. The predicted octanol–water partition coefficient (Wildman–Crippen LogP) is 4.21. The Bertz CT molecular complexity index is 1270. The maximum Gasteiger partial charge on any atom is 0.273 e. The standard InChI is InChI=1S/C24H23F3N4O3/c1-30-22(12-9-15(25)20(27)16(26)10-12)14-11-13-5-4-6-18(21(14)29-30)31(13)24(32)17-7-8-19(33-2)23(28-17)34-3/h7-10,13,18H,4-6,11H2,1-3H3. The average molecular weight is 472 g/mol. The van der Waals surface area contributed by atoms with E-state index in [4.69, 9.17) is 9.47 Å². The van der Waals surface area contributed by atoms with Crippen molar-refractivity contribution < 1.29 is 27.4 Å². The van der Waals surface area contributed by atoms with Gasteiger partial charge >= 0.3 is 0 Å². The van der Waals surface area contributed by atoms with E-state index in [0.717, 1.165) is 30.5 Å². The minimum atomic E-state index is -1.50. The minimum Gasteiger partial charge on any atom is -0.491 e. The van der Waals surface area contributed by atoms with E-state index in [-0.39, 0.29) is 35.1 Å². The molecule has 0 radical (unpaired) electrons. The fraction of sp³-hybridized carbons (Fsp3) is 0.375. The number of hydrogen-bond acceptors (Lipinski definition) is 5. The molecule has 0 spiro atoms. The molecule has 7 nitrogen and oxygen atoms in total. The van der Waals surface area contributed by atoms with Crippen molar-refractivity contribution in [1.29, 1.82) is 0 Å². The molecule has 2 atom stereocenters. The average Bonchev–Trinajstić information content (AvgIpc) is 3.16. The molecule has 10 heteroatoms. The number of fused-ring (bicyclic) bond motifs is 4. The Hall–Kier alpha value is -3.56. The Morgan fingerprint density at radius 3 is 2.50 bits per heavy atom. The van der Waals surface area contributed by atoms with E-state index in [1.165, 1.54) is 14.2 Å². The zero-order valence-corrected chi connectivity index (χ0v) is 18.9. The predicted molar refractivity (Wildman–Crippen MR) is 116 cm³/mol. The van der Waals surface area contributed by atoms with E-state index in [1.807, 2.05) is 4.90 Å². The van der Waals surface area contributed by atoms with Gasteiger partial charge in [0.2, 0.25) is 0 Å². The number of hydrogen-bond donors (Lipinski definition) is 0.